The second-order valence-corrected chi connectivity index (χ2v) is 9.04. The Hall–Kier alpha value is -2.92. The fourth-order valence-corrected chi connectivity index (χ4v) is 5.11. The minimum Gasteiger partial charge on any atom is -0.464 e. The highest BCUT2D eigenvalue weighted by Gasteiger charge is 2.20. The highest BCUT2D eigenvalue weighted by molar-refractivity contribution is 7.97. The molecule has 1 aliphatic heterocycles. The van der Waals surface area contributed by atoms with Crippen LogP contribution in [0.2, 0.25) is 0 Å². The van der Waals surface area contributed by atoms with Crippen LogP contribution < -0.4 is 5.32 Å². The van der Waals surface area contributed by atoms with E-state index in [-0.39, 0.29) is 12.4 Å². The summed E-state index contributed by atoms with van der Waals surface area (Å²) in [6.45, 7) is 5.62. The molecular weight excluding hydrogens is 457 g/mol. The Labute approximate surface area is 201 Å². The summed E-state index contributed by atoms with van der Waals surface area (Å²) < 4.78 is 24.6. The maximum Gasteiger partial charge on any atom is 0.166 e. The van der Waals surface area contributed by atoms with Crippen molar-refractivity contribution in [1.82, 2.24) is 24.0 Å². The molecule has 180 valence electrons. The third-order valence-corrected chi connectivity index (χ3v) is 6.95. The normalized spacial score (nSPS) is 13.5. The van der Waals surface area contributed by atoms with Crippen molar-refractivity contribution in [1.29, 1.82) is 0 Å². The molecule has 1 aliphatic rings. The van der Waals surface area contributed by atoms with E-state index in [9.17, 15) is 9.18 Å². The zero-order valence-corrected chi connectivity index (χ0v) is 20.0. The van der Waals surface area contributed by atoms with Gasteiger partial charge in [0.25, 0.3) is 0 Å². The van der Waals surface area contributed by atoms with Gasteiger partial charge >= 0.3 is 0 Å². The minimum atomic E-state index is -0.191. The molecule has 0 radical (unpaired) electrons. The van der Waals surface area contributed by atoms with Crippen molar-refractivity contribution < 1.29 is 18.7 Å². The van der Waals surface area contributed by atoms with Crippen LogP contribution in [0, 0.1) is 12.7 Å². The second-order valence-electron chi connectivity index (χ2n) is 7.90. The van der Waals surface area contributed by atoms with Crippen LogP contribution in [0.3, 0.4) is 0 Å². The van der Waals surface area contributed by atoms with E-state index in [0.29, 0.717) is 24.3 Å². The molecule has 5 rings (SSSR count). The number of aliphatic hydroxyl groups excluding tert-OH is 1. The maximum absolute atomic E-state index is 13.3. The molecule has 0 saturated heterocycles. The fraction of sp³-hybridized carbons (Fsp3) is 0.333. The van der Waals surface area contributed by atoms with Gasteiger partial charge in [-0.3, -0.25) is 9.48 Å². The Kier molecular flexibility index (Phi) is 7.84. The van der Waals surface area contributed by atoms with Crippen molar-refractivity contribution >= 4 is 29.2 Å². The number of rotatable bonds is 7. The lowest BCUT2D eigenvalue weighted by molar-refractivity contribution is 0.111. The van der Waals surface area contributed by atoms with Crippen LogP contribution in [-0.4, -0.2) is 50.2 Å². The summed E-state index contributed by atoms with van der Waals surface area (Å²) in [5.74, 6) is -0.191. The summed E-state index contributed by atoms with van der Waals surface area (Å²) in [5.41, 5.74) is 4.23. The number of nitrogens with zero attached hydrogens (tertiary/aromatic N) is 4. The first-order valence-electron chi connectivity index (χ1n) is 11.0. The number of aromatic nitrogens is 3. The number of aliphatic hydroxyl groups is 1. The molecule has 10 heteroatoms. The lowest BCUT2D eigenvalue weighted by Crippen LogP contribution is -2.28. The fourth-order valence-electron chi connectivity index (χ4n) is 4.04. The highest BCUT2D eigenvalue weighted by Crippen LogP contribution is 2.31. The second kappa shape index (κ2) is 11.0. The van der Waals surface area contributed by atoms with Crippen molar-refractivity contribution in [2.45, 2.75) is 38.0 Å². The van der Waals surface area contributed by atoms with Crippen molar-refractivity contribution in [3.05, 3.63) is 71.3 Å². The van der Waals surface area contributed by atoms with Crippen LogP contribution in [0.1, 0.15) is 27.4 Å². The molecule has 0 atom stereocenters. The van der Waals surface area contributed by atoms with E-state index in [2.05, 4.69) is 14.7 Å². The molecule has 0 amide bonds. The van der Waals surface area contributed by atoms with Gasteiger partial charge in [-0.25, -0.2) is 8.70 Å². The standard InChI is InChI=1S/C14H18N4O2S.C10H10FNO/c1-11-14(8-13(10-20)17(11)6-7-19)21-16-4-5-18-12(9-16)2-3-15-18;1-12-6-8-7-4-5-13-10(7)3-2-9(8)11/h2-3,8,10,19H,4-7,9H2,1H3;2-5,12H,6H2,1H3. The molecule has 0 fully saturated rings. The average Bonchev–Trinajstić information content (AvgIpc) is 3.57. The lowest BCUT2D eigenvalue weighted by Gasteiger charge is -2.26. The summed E-state index contributed by atoms with van der Waals surface area (Å²) in [6.07, 6.45) is 4.25. The minimum absolute atomic E-state index is 0.0311. The predicted molar refractivity (Wildman–Crippen MR) is 129 cm³/mol. The van der Waals surface area contributed by atoms with Crippen LogP contribution in [0.5, 0.6) is 0 Å². The van der Waals surface area contributed by atoms with Crippen molar-refractivity contribution in [2.75, 3.05) is 20.2 Å². The number of hydrogen-bond acceptors (Lipinski definition) is 7. The molecule has 2 N–H and O–H groups in total. The summed E-state index contributed by atoms with van der Waals surface area (Å²) in [4.78, 5) is 12.2. The number of furan rings is 1. The SMILES string of the molecule is CNCc1c(F)ccc2occc12.Cc1c(SN2CCn3nccc3C2)cc(C=O)n1CCO. The van der Waals surface area contributed by atoms with E-state index in [0.717, 1.165) is 47.5 Å². The van der Waals surface area contributed by atoms with Gasteiger partial charge in [0.15, 0.2) is 6.29 Å². The van der Waals surface area contributed by atoms with E-state index in [1.54, 1.807) is 37.4 Å². The number of halogens is 1. The van der Waals surface area contributed by atoms with Crippen molar-refractivity contribution in [3.8, 4) is 0 Å². The Morgan fingerprint density at radius 1 is 1.29 bits per heavy atom. The largest absolute Gasteiger partial charge is 0.464 e. The summed E-state index contributed by atoms with van der Waals surface area (Å²) in [6, 6.07) is 8.79. The summed E-state index contributed by atoms with van der Waals surface area (Å²) in [5, 5.41) is 17.2. The number of fused-ring (bicyclic) bond motifs is 2. The predicted octanol–water partition coefficient (Wildman–Crippen LogP) is 3.61. The number of hydrogen-bond donors (Lipinski definition) is 2. The van der Waals surface area contributed by atoms with Crippen LogP contribution in [-0.2, 0) is 26.2 Å². The Morgan fingerprint density at radius 2 is 2.15 bits per heavy atom. The maximum atomic E-state index is 13.3. The smallest absolute Gasteiger partial charge is 0.166 e. The molecule has 34 heavy (non-hydrogen) atoms. The Balaban J connectivity index is 0.000000180. The quantitative estimate of drug-likeness (QED) is 0.305. The zero-order chi connectivity index (χ0) is 24.1. The molecular formula is C24H28FN5O3S. The first-order valence-corrected chi connectivity index (χ1v) is 11.8. The van der Waals surface area contributed by atoms with Crippen molar-refractivity contribution in [3.63, 3.8) is 0 Å². The van der Waals surface area contributed by atoms with Gasteiger partial charge in [-0.1, -0.05) is 0 Å². The Morgan fingerprint density at radius 3 is 2.91 bits per heavy atom. The van der Waals surface area contributed by atoms with Gasteiger partial charge in [0, 0.05) is 47.4 Å². The molecule has 0 spiro atoms. The molecule has 4 aromatic rings. The van der Waals surface area contributed by atoms with Crippen molar-refractivity contribution in [2.24, 2.45) is 0 Å². The van der Waals surface area contributed by atoms with Gasteiger partial charge in [-0.05, 0) is 56.3 Å². The molecule has 0 saturated carbocycles. The molecule has 8 nitrogen and oxygen atoms in total. The van der Waals surface area contributed by atoms with E-state index in [4.69, 9.17) is 9.52 Å². The highest BCUT2D eigenvalue weighted by atomic mass is 32.2. The first-order chi connectivity index (χ1) is 16.5. The Bertz CT molecular complexity index is 1270. The molecule has 3 aromatic heterocycles. The molecule has 0 unspecified atom stereocenters. The topological polar surface area (TPSA) is 88.5 Å². The number of aldehydes is 1. The van der Waals surface area contributed by atoms with Gasteiger partial charge in [-0.2, -0.15) is 5.10 Å². The number of nitrogens with one attached hydrogen (secondary N) is 1. The van der Waals surface area contributed by atoms with E-state index < -0.39 is 0 Å². The third-order valence-electron chi connectivity index (χ3n) is 5.77. The van der Waals surface area contributed by atoms with Gasteiger partial charge in [0.05, 0.1) is 37.3 Å². The lowest BCUT2D eigenvalue weighted by atomic mass is 10.1. The molecule has 4 heterocycles. The van der Waals surface area contributed by atoms with Gasteiger partial charge in [-0.15, -0.1) is 0 Å². The molecule has 1 aromatic carbocycles. The van der Waals surface area contributed by atoms with Gasteiger partial charge < -0.3 is 19.4 Å². The summed E-state index contributed by atoms with van der Waals surface area (Å²) >= 11 is 1.67. The first kappa shape index (κ1) is 24.2. The number of carbonyl (C=O) groups is 1. The van der Waals surface area contributed by atoms with E-state index in [1.165, 1.54) is 11.8 Å². The van der Waals surface area contributed by atoms with E-state index >= 15 is 0 Å². The number of carbonyl (C=O) groups excluding carboxylic acids is 1. The van der Waals surface area contributed by atoms with Gasteiger partial charge in [0.1, 0.15) is 11.4 Å². The molecule has 0 aliphatic carbocycles. The molecule has 0 bridgehead atoms. The van der Waals surface area contributed by atoms with Crippen LogP contribution >= 0.6 is 11.9 Å². The summed E-state index contributed by atoms with van der Waals surface area (Å²) in [7, 11) is 1.79. The average molecular weight is 486 g/mol. The van der Waals surface area contributed by atoms with Crippen LogP contribution in [0.25, 0.3) is 11.0 Å². The van der Waals surface area contributed by atoms with Crippen LogP contribution in [0.4, 0.5) is 4.39 Å². The zero-order valence-electron chi connectivity index (χ0n) is 19.2. The van der Waals surface area contributed by atoms with Gasteiger partial charge in [0.2, 0.25) is 0 Å². The van der Waals surface area contributed by atoms with Crippen LogP contribution in [0.15, 0.2) is 52.1 Å². The third kappa shape index (κ3) is 5.10. The monoisotopic (exact) mass is 485 g/mol. The number of benzene rings is 1. The van der Waals surface area contributed by atoms with E-state index in [1.807, 2.05) is 34.5 Å².